The molecule has 0 aliphatic heterocycles. The molecule has 0 atom stereocenters. The van der Waals surface area contributed by atoms with Crippen LogP contribution < -0.4 is 0 Å². The van der Waals surface area contributed by atoms with Crippen LogP contribution in [0.1, 0.15) is 96.9 Å². The molecule has 540 valence electrons. The molecule has 19 heteroatoms. The average Bonchev–Trinajstić information content (AvgIpc) is 1.58. The summed E-state index contributed by atoms with van der Waals surface area (Å²) in [6.07, 6.45) is 2.68. The minimum atomic E-state index is -6.09. The summed E-state index contributed by atoms with van der Waals surface area (Å²) in [4.78, 5) is 17.3. The summed E-state index contributed by atoms with van der Waals surface area (Å²) in [5, 5.41) is 21.2. The van der Waals surface area contributed by atoms with Crippen LogP contribution in [-0.2, 0) is 63.1 Å². The molecule has 2 N–H and O–H groups in total. The monoisotopic (exact) mass is 1790 g/mol. The van der Waals surface area contributed by atoms with E-state index in [0.717, 1.165) is 115 Å². The van der Waals surface area contributed by atoms with E-state index >= 15 is 0 Å². The van der Waals surface area contributed by atoms with Gasteiger partial charge in [0.2, 0.25) is 0 Å². The van der Waals surface area contributed by atoms with Crippen LogP contribution in [0, 0.1) is 56.4 Å². The molecule has 8 aromatic heterocycles. The van der Waals surface area contributed by atoms with Gasteiger partial charge in [-0.2, -0.15) is 13.2 Å². The molecule has 0 saturated carbocycles. The molecular weight excluding hydrogens is 1690 g/mol. The molecule has 0 amide bonds. The van der Waals surface area contributed by atoms with E-state index in [4.69, 9.17) is 62.8 Å². The average molecular weight is 1790 g/mol. The first-order chi connectivity index (χ1) is 55.1. The van der Waals surface area contributed by atoms with Gasteiger partial charge >= 0.3 is 5.51 Å². The van der Waals surface area contributed by atoms with E-state index in [1.807, 2.05) is 205 Å². The Morgan fingerprint density at radius 1 is 0.423 bits per heavy atom. The van der Waals surface area contributed by atoms with Gasteiger partial charge in [-0.15, -0.1) is 90.0 Å². The molecule has 0 unspecified atom stereocenters. The standard InChI is InChI=1S/C25H17NO2.C25H16NO2.2C16H18N.CHF3O3S.2CH4O.2Ir/c2*1-14-10-21(26-13-15(14)2)18-8-5-7-17-20-12-23-19(11-24(20)28-25(17)18)16-6-3-4-9-22(16)27-23;2*1-16(2,3)11-13-9-10-15(17-12-13)14-7-5-4-6-8-14;2-1(3,4)8(5,6)7;2*1-2;;/h3-13H,1-2H3;3-7,9-13H,1-2H3;2*4-7,9-10,12H,11H2,1-3H3;(H,5,6,7);2*2H,1H3;;/q;3*-1;;;;;/p-1/i2*1D3,2D3;2*11D2;;;;;. The zero-order chi connectivity index (χ0) is 86.8. The first kappa shape index (κ1) is 59.8. The summed E-state index contributed by atoms with van der Waals surface area (Å²) in [5.41, 5.74) is 4.09. The quantitative estimate of drug-likeness (QED) is 0.0905. The van der Waals surface area contributed by atoms with Crippen molar-refractivity contribution in [2.75, 3.05) is 14.2 Å². The molecule has 16 aromatic rings. The van der Waals surface area contributed by atoms with Crippen molar-refractivity contribution in [3.8, 4) is 45.0 Å². The van der Waals surface area contributed by atoms with Gasteiger partial charge in [-0.25, -0.2) is 8.42 Å². The van der Waals surface area contributed by atoms with Gasteiger partial charge in [0.05, 0.1) is 11.3 Å². The van der Waals surface area contributed by atoms with Crippen LogP contribution in [0.15, 0.2) is 231 Å². The largest absolute Gasteiger partial charge is 0.741 e. The minimum absolute atomic E-state index is 0. The van der Waals surface area contributed by atoms with Gasteiger partial charge < -0.3 is 47.4 Å². The Hall–Kier alpha value is -9.52. The second-order valence-corrected chi connectivity index (χ2v) is 26.0. The van der Waals surface area contributed by atoms with Crippen molar-refractivity contribution in [2.45, 2.75) is 87.2 Å². The number of alkyl halides is 3. The number of nitrogens with zero attached hydrogens (tertiary/aromatic N) is 4. The first-order valence-electron chi connectivity index (χ1n) is 39.4. The number of aliphatic hydroxyl groups is 2. The van der Waals surface area contributed by atoms with E-state index in [2.05, 4.69) is 38.1 Å². The van der Waals surface area contributed by atoms with Crippen LogP contribution in [0.3, 0.4) is 0 Å². The maximum atomic E-state index is 10.7. The van der Waals surface area contributed by atoms with Gasteiger partial charge in [0.15, 0.2) is 10.1 Å². The predicted molar refractivity (Wildman–Crippen MR) is 402 cm³/mol. The number of aliphatic hydroxyl groups excluding tert-OH is 2. The summed E-state index contributed by atoms with van der Waals surface area (Å²) in [6, 6.07) is 67.0. The Morgan fingerprint density at radius 3 is 1.24 bits per heavy atom. The fourth-order valence-electron chi connectivity index (χ4n) is 10.8. The minimum Gasteiger partial charge on any atom is -0.741 e. The molecule has 0 aliphatic carbocycles. The molecule has 16 rings (SSSR count). The van der Waals surface area contributed by atoms with Crippen molar-refractivity contribution in [3.05, 3.63) is 264 Å². The summed E-state index contributed by atoms with van der Waals surface area (Å²) in [6.45, 7) is 0.968. The fourth-order valence-corrected chi connectivity index (χ4v) is 10.8. The molecule has 0 aliphatic rings. The van der Waals surface area contributed by atoms with Gasteiger partial charge in [0, 0.05) is 144 Å². The zero-order valence-corrected chi connectivity index (χ0v) is 62.6. The zero-order valence-electron chi connectivity index (χ0n) is 73.0. The van der Waals surface area contributed by atoms with Crippen LogP contribution in [0.2, 0.25) is 0 Å². The summed E-state index contributed by atoms with van der Waals surface area (Å²) < 4.78 is 210. The number of para-hydroxylation sites is 3. The van der Waals surface area contributed by atoms with Crippen LogP contribution in [0.4, 0.5) is 13.2 Å². The maximum Gasteiger partial charge on any atom is 0.485 e. The molecule has 0 bridgehead atoms. The Morgan fingerprint density at radius 2 is 0.817 bits per heavy atom. The van der Waals surface area contributed by atoms with E-state index in [1.54, 1.807) is 24.5 Å². The van der Waals surface area contributed by atoms with Gasteiger partial charge in [0.1, 0.15) is 39.1 Å². The van der Waals surface area contributed by atoms with E-state index in [9.17, 15) is 13.2 Å². The number of hydrogen-bond acceptors (Lipinski definition) is 13. The first-order valence-corrected chi connectivity index (χ1v) is 32.8. The third-order valence-corrected chi connectivity index (χ3v) is 15.7. The molecule has 8 aromatic carbocycles. The number of furan rings is 4. The van der Waals surface area contributed by atoms with Crippen molar-refractivity contribution < 1.29 is 116 Å². The molecule has 104 heavy (non-hydrogen) atoms. The van der Waals surface area contributed by atoms with Crippen molar-refractivity contribution >= 4 is 97.9 Å². The van der Waals surface area contributed by atoms with Gasteiger partial charge in [-0.1, -0.05) is 137 Å². The molecule has 2 radical (unpaired) electrons. The fraction of sp³-hybridized carbons (Fsp3) is 0.200. The van der Waals surface area contributed by atoms with Crippen molar-refractivity contribution in [1.82, 2.24) is 19.9 Å². The summed E-state index contributed by atoms with van der Waals surface area (Å²) in [5.74, 6) is 0. The van der Waals surface area contributed by atoms with E-state index in [-0.39, 0.29) is 68.2 Å². The maximum absolute atomic E-state index is 10.7. The Balaban J connectivity index is 0.000000195. The molecule has 0 fully saturated rings. The molecule has 8 heterocycles. The van der Waals surface area contributed by atoms with Gasteiger partial charge in [-0.3, -0.25) is 4.98 Å². The van der Waals surface area contributed by atoms with Crippen LogP contribution in [0.25, 0.3) is 133 Å². The second kappa shape index (κ2) is 34.4. The smallest absolute Gasteiger partial charge is 0.485 e. The third-order valence-electron chi connectivity index (χ3n) is 15.1. The van der Waals surface area contributed by atoms with Gasteiger partial charge in [0.25, 0.3) is 0 Å². The summed E-state index contributed by atoms with van der Waals surface area (Å²) in [7, 11) is -4.09. The normalized spacial score (nSPS) is 14.4. The SMILES string of the molecule is CO.CO.O=S(=O)([O-])C(F)(F)F.[2H]C([2H])([2H])c1cnc(-c2[c-]ccc3c2oc2cc4c(cc23)oc2ccccc24)cc1C([2H])([2H])[2H].[2H]C([2H])([2H])c1cnc(-c2cccc3c2oc2cc4c(cc23)oc2ccccc24)cc1C([2H])([2H])[2H].[2H]C([2H])(c1ccc(-c2[c-]cccc2)nc1)C(C)(C)C.[2H]C([2H])(c1ccc(-c2[c-]cccc2)nc1)C(C)(C)C.[Ir].[Ir]. The van der Waals surface area contributed by atoms with Crippen LogP contribution in [0.5, 0.6) is 0 Å². The Bertz CT molecular complexity index is 6010. The van der Waals surface area contributed by atoms with Crippen LogP contribution >= 0.6 is 0 Å². The van der Waals surface area contributed by atoms with Crippen molar-refractivity contribution in [3.63, 3.8) is 0 Å². The number of aromatic nitrogens is 4. The Kier molecular flexibility index (Phi) is 19.8. The molecule has 0 spiro atoms. The molecule has 13 nitrogen and oxygen atoms in total. The number of rotatable bonds is 6. The number of benzene rings is 8. The molecule has 0 saturated heterocycles. The van der Waals surface area contributed by atoms with Gasteiger partial charge in [-0.05, 0) is 144 Å². The van der Waals surface area contributed by atoms with E-state index in [1.165, 1.54) is 12.1 Å². The number of halogens is 3. The van der Waals surface area contributed by atoms with Crippen molar-refractivity contribution in [1.29, 1.82) is 0 Å². The summed E-state index contributed by atoms with van der Waals surface area (Å²) >= 11 is 0. The number of fused-ring (bicyclic) bond motifs is 12. The number of pyridine rings is 4. The van der Waals surface area contributed by atoms with E-state index in [0.29, 0.717) is 50.3 Å². The predicted octanol–water partition coefficient (Wildman–Crippen LogP) is 21.7. The van der Waals surface area contributed by atoms with E-state index < -0.39 is 66.6 Å². The van der Waals surface area contributed by atoms with Crippen LogP contribution in [-0.4, -0.2) is 62.8 Å². The number of hydrogen-bond donors (Lipinski definition) is 2. The Labute approximate surface area is 652 Å². The topological polar surface area (TPSA) is 202 Å². The van der Waals surface area contributed by atoms with Crippen molar-refractivity contribution in [2.24, 2.45) is 10.8 Å². The second-order valence-electron chi connectivity index (χ2n) is 24.7. The molecular formula is C85H77F3Ir2N4O9S-4. The number of aryl methyl sites for hydroxylation is 4. The third kappa shape index (κ3) is 19.1.